The predicted octanol–water partition coefficient (Wildman–Crippen LogP) is 2.05. The van der Waals surface area contributed by atoms with Crippen LogP contribution in [0.3, 0.4) is 0 Å². The first-order valence-corrected chi connectivity index (χ1v) is 8.53. The first-order chi connectivity index (χ1) is 12.4. The third-order valence-corrected chi connectivity index (χ3v) is 4.25. The second-order valence-electron chi connectivity index (χ2n) is 5.47. The molecule has 1 atom stereocenters. The van der Waals surface area contributed by atoms with Crippen molar-refractivity contribution in [1.82, 2.24) is 5.32 Å². The Labute approximate surface area is 155 Å². The topological polar surface area (TPSA) is 110 Å². The fraction of sp³-hybridized carbons (Fsp3) is 0.294. The molecule has 0 saturated carbocycles. The Hall–Kier alpha value is -2.81. The largest absolute Gasteiger partial charge is 0.493 e. The monoisotopic (exact) mass is 377 g/mol. The lowest BCUT2D eigenvalue weighted by Gasteiger charge is -2.12. The van der Waals surface area contributed by atoms with Crippen molar-refractivity contribution in [3.8, 4) is 11.5 Å². The number of carboxylic acids is 1. The van der Waals surface area contributed by atoms with E-state index in [1.54, 1.807) is 18.2 Å². The number of carboxylic acid groups (broad SMARTS) is 1. The first kappa shape index (κ1) is 19.5. The standard InChI is InChI=1S/C17H19N3O5S/c1-10(2)9-25-15-11(5-4-6-12(15)24-3)8-18-20-17-19-16(23)13(26-17)7-14(21)22/h4-6,8,13H,1,7,9H2,2-3H3,(H,21,22)(H,19,20,23). The zero-order chi connectivity index (χ0) is 19.1. The Bertz CT molecular complexity index is 776. The molecule has 1 unspecified atom stereocenters. The van der Waals surface area contributed by atoms with Crippen molar-refractivity contribution in [1.29, 1.82) is 0 Å². The molecule has 1 aliphatic rings. The van der Waals surface area contributed by atoms with Gasteiger partial charge in [0.15, 0.2) is 16.7 Å². The molecular weight excluding hydrogens is 358 g/mol. The third-order valence-electron chi connectivity index (χ3n) is 3.17. The van der Waals surface area contributed by atoms with E-state index < -0.39 is 17.1 Å². The van der Waals surface area contributed by atoms with Gasteiger partial charge in [0.05, 0.1) is 19.7 Å². The summed E-state index contributed by atoms with van der Waals surface area (Å²) in [6.45, 7) is 5.98. The molecule has 2 N–H and O–H groups in total. The summed E-state index contributed by atoms with van der Waals surface area (Å²) in [5, 5.41) is 18.7. The number of nitrogens with one attached hydrogen (secondary N) is 1. The maximum Gasteiger partial charge on any atom is 0.305 e. The van der Waals surface area contributed by atoms with E-state index in [1.807, 2.05) is 6.92 Å². The predicted molar refractivity (Wildman–Crippen MR) is 100 cm³/mol. The molecule has 1 amide bonds. The van der Waals surface area contributed by atoms with Gasteiger partial charge in [0, 0.05) is 5.56 Å². The normalized spacial score (nSPS) is 18.2. The van der Waals surface area contributed by atoms with Crippen LogP contribution in [0.4, 0.5) is 0 Å². The molecule has 1 aromatic carbocycles. The second-order valence-corrected chi connectivity index (χ2v) is 6.66. The molecule has 1 saturated heterocycles. The van der Waals surface area contributed by atoms with Gasteiger partial charge in [-0.25, -0.2) is 0 Å². The number of ether oxygens (including phenoxy) is 2. The molecule has 26 heavy (non-hydrogen) atoms. The van der Waals surface area contributed by atoms with Crippen molar-refractivity contribution in [2.45, 2.75) is 18.6 Å². The minimum atomic E-state index is -1.04. The summed E-state index contributed by atoms with van der Waals surface area (Å²) >= 11 is 1.04. The number of carbonyl (C=O) groups excluding carboxylic acids is 1. The van der Waals surface area contributed by atoms with Gasteiger partial charge >= 0.3 is 5.97 Å². The summed E-state index contributed by atoms with van der Waals surface area (Å²) < 4.78 is 11.0. The minimum Gasteiger partial charge on any atom is -0.493 e. The molecule has 9 heteroatoms. The van der Waals surface area contributed by atoms with Crippen molar-refractivity contribution in [3.63, 3.8) is 0 Å². The van der Waals surface area contributed by atoms with Crippen molar-refractivity contribution >= 4 is 35.0 Å². The highest BCUT2D eigenvalue weighted by Crippen LogP contribution is 2.30. The van der Waals surface area contributed by atoms with Gasteiger partial charge in [-0.05, 0) is 24.6 Å². The average molecular weight is 377 g/mol. The quantitative estimate of drug-likeness (QED) is 0.408. The number of benzene rings is 1. The van der Waals surface area contributed by atoms with Crippen LogP contribution in [0.2, 0.25) is 0 Å². The second kappa shape index (κ2) is 9.04. The summed E-state index contributed by atoms with van der Waals surface area (Å²) in [7, 11) is 1.54. The van der Waals surface area contributed by atoms with Crippen LogP contribution in [-0.2, 0) is 9.59 Å². The smallest absolute Gasteiger partial charge is 0.305 e. The summed E-state index contributed by atoms with van der Waals surface area (Å²) in [5.41, 5.74) is 1.50. The Morgan fingerprint density at radius 2 is 2.27 bits per heavy atom. The van der Waals surface area contributed by atoms with Gasteiger partial charge in [0.1, 0.15) is 11.9 Å². The molecule has 2 rings (SSSR count). The van der Waals surface area contributed by atoms with Crippen molar-refractivity contribution in [3.05, 3.63) is 35.9 Å². The van der Waals surface area contributed by atoms with Gasteiger partial charge in [-0.2, -0.15) is 5.10 Å². The van der Waals surface area contributed by atoms with Crippen LogP contribution in [-0.4, -0.2) is 47.3 Å². The minimum absolute atomic E-state index is 0.254. The molecule has 0 radical (unpaired) electrons. The van der Waals surface area contributed by atoms with Crippen LogP contribution in [0.25, 0.3) is 0 Å². The number of para-hydroxylation sites is 1. The van der Waals surface area contributed by atoms with Crippen LogP contribution in [0, 0.1) is 0 Å². The molecule has 1 fully saturated rings. The average Bonchev–Trinajstić information content (AvgIpc) is 2.92. The zero-order valence-corrected chi connectivity index (χ0v) is 15.2. The lowest BCUT2D eigenvalue weighted by Crippen LogP contribution is -2.26. The first-order valence-electron chi connectivity index (χ1n) is 7.65. The highest BCUT2D eigenvalue weighted by Gasteiger charge is 2.32. The zero-order valence-electron chi connectivity index (χ0n) is 14.4. The molecule has 0 aliphatic carbocycles. The number of rotatable bonds is 8. The van der Waals surface area contributed by atoms with E-state index in [4.69, 9.17) is 14.6 Å². The summed E-state index contributed by atoms with van der Waals surface area (Å²) in [4.78, 5) is 22.4. The number of hydrogen-bond donors (Lipinski definition) is 2. The van der Waals surface area contributed by atoms with Crippen molar-refractivity contribution < 1.29 is 24.2 Å². The van der Waals surface area contributed by atoms with E-state index in [0.717, 1.165) is 17.3 Å². The number of amidine groups is 1. The van der Waals surface area contributed by atoms with E-state index in [1.165, 1.54) is 13.3 Å². The SMILES string of the molecule is C=C(C)COc1c(C=NN=C2NC(=O)C(CC(=O)O)S2)cccc1OC. The molecule has 0 aromatic heterocycles. The summed E-state index contributed by atoms with van der Waals surface area (Å²) in [6.07, 6.45) is 1.20. The number of methoxy groups -OCH3 is 1. The lowest BCUT2D eigenvalue weighted by molar-refractivity contribution is -0.138. The molecule has 0 bridgehead atoms. The van der Waals surface area contributed by atoms with Crippen LogP contribution in [0.1, 0.15) is 18.9 Å². The van der Waals surface area contributed by atoms with E-state index in [9.17, 15) is 9.59 Å². The summed E-state index contributed by atoms with van der Waals surface area (Å²) in [6, 6.07) is 5.34. The van der Waals surface area contributed by atoms with Gasteiger partial charge in [0.2, 0.25) is 5.91 Å². The number of aliphatic carboxylic acids is 1. The van der Waals surface area contributed by atoms with Gasteiger partial charge in [0.25, 0.3) is 0 Å². The lowest BCUT2D eigenvalue weighted by atomic mass is 10.2. The Morgan fingerprint density at radius 3 is 2.92 bits per heavy atom. The highest BCUT2D eigenvalue weighted by molar-refractivity contribution is 8.15. The fourth-order valence-corrected chi connectivity index (χ4v) is 2.95. The van der Waals surface area contributed by atoms with Crippen LogP contribution in [0.15, 0.2) is 40.6 Å². The molecule has 1 heterocycles. The number of amides is 1. The maximum atomic E-state index is 11.7. The molecular formula is C17H19N3O5S. The summed E-state index contributed by atoms with van der Waals surface area (Å²) in [5.74, 6) is -0.377. The maximum absolute atomic E-state index is 11.7. The van der Waals surface area contributed by atoms with Crippen LogP contribution in [0.5, 0.6) is 11.5 Å². The fourth-order valence-electron chi connectivity index (χ4n) is 2.03. The van der Waals surface area contributed by atoms with Gasteiger partial charge in [-0.1, -0.05) is 24.4 Å². The highest BCUT2D eigenvalue weighted by atomic mass is 32.2. The molecule has 1 aromatic rings. The number of hydrogen-bond acceptors (Lipinski definition) is 7. The van der Waals surface area contributed by atoms with Crippen molar-refractivity contribution in [2.75, 3.05) is 13.7 Å². The van der Waals surface area contributed by atoms with E-state index in [2.05, 4.69) is 22.1 Å². The van der Waals surface area contributed by atoms with Crippen LogP contribution < -0.4 is 14.8 Å². The molecule has 8 nitrogen and oxygen atoms in total. The van der Waals surface area contributed by atoms with E-state index >= 15 is 0 Å². The van der Waals surface area contributed by atoms with Gasteiger partial charge in [-0.15, -0.1) is 5.10 Å². The molecule has 138 valence electrons. The van der Waals surface area contributed by atoms with E-state index in [-0.39, 0.29) is 11.6 Å². The Morgan fingerprint density at radius 1 is 1.50 bits per heavy atom. The number of thioether (sulfide) groups is 1. The van der Waals surface area contributed by atoms with Crippen molar-refractivity contribution in [2.24, 2.45) is 10.2 Å². The Balaban J connectivity index is 2.14. The van der Waals surface area contributed by atoms with Crippen LogP contribution >= 0.6 is 11.8 Å². The van der Waals surface area contributed by atoms with E-state index in [0.29, 0.717) is 23.7 Å². The molecule has 0 spiro atoms. The molecule has 1 aliphatic heterocycles. The number of carbonyl (C=O) groups is 2. The third kappa shape index (κ3) is 5.35. The van der Waals surface area contributed by atoms with Gasteiger partial charge < -0.3 is 19.9 Å². The number of nitrogens with zero attached hydrogens (tertiary/aromatic N) is 2. The van der Waals surface area contributed by atoms with Gasteiger partial charge in [-0.3, -0.25) is 9.59 Å². The Kier molecular flexibility index (Phi) is 6.79.